The molecule has 0 unspecified atom stereocenters. The number of aromatic nitrogens is 2. The van der Waals surface area contributed by atoms with Crippen LogP contribution in [0.25, 0.3) is 11.4 Å². The highest BCUT2D eigenvalue weighted by atomic mass is 14.9. The summed E-state index contributed by atoms with van der Waals surface area (Å²) >= 11 is 0. The van der Waals surface area contributed by atoms with E-state index < -0.39 is 0 Å². The molecular formula is C16H19N3. The van der Waals surface area contributed by atoms with Gasteiger partial charge >= 0.3 is 0 Å². The average molecular weight is 253 g/mol. The number of nitrogens with one attached hydrogen (secondary N) is 1. The maximum absolute atomic E-state index is 4.77. The van der Waals surface area contributed by atoms with Crippen LogP contribution in [0.1, 0.15) is 29.4 Å². The fraction of sp³-hybridized carbons (Fsp3) is 0.375. The minimum atomic E-state index is 0.873. The van der Waals surface area contributed by atoms with Crippen LogP contribution in [0.5, 0.6) is 0 Å². The first-order chi connectivity index (χ1) is 9.28. The van der Waals surface area contributed by atoms with Gasteiger partial charge in [-0.2, -0.15) is 0 Å². The van der Waals surface area contributed by atoms with Crippen molar-refractivity contribution >= 4 is 0 Å². The van der Waals surface area contributed by atoms with Crippen LogP contribution in [-0.2, 0) is 19.4 Å². The van der Waals surface area contributed by atoms with Gasteiger partial charge in [-0.1, -0.05) is 36.8 Å². The molecule has 1 aliphatic heterocycles. The third-order valence-corrected chi connectivity index (χ3v) is 3.66. The van der Waals surface area contributed by atoms with E-state index in [2.05, 4.69) is 43.4 Å². The van der Waals surface area contributed by atoms with E-state index in [9.17, 15) is 0 Å². The van der Waals surface area contributed by atoms with Crippen molar-refractivity contribution in [1.82, 2.24) is 15.3 Å². The molecule has 1 aliphatic rings. The summed E-state index contributed by atoms with van der Waals surface area (Å²) in [6, 6.07) is 8.45. The second-order valence-electron chi connectivity index (χ2n) is 5.07. The lowest BCUT2D eigenvalue weighted by atomic mass is 10.0. The molecule has 0 spiro atoms. The van der Waals surface area contributed by atoms with Crippen LogP contribution in [0.2, 0.25) is 0 Å². The number of hydrogen-bond acceptors (Lipinski definition) is 3. The molecule has 0 fully saturated rings. The van der Waals surface area contributed by atoms with Gasteiger partial charge in [-0.15, -0.1) is 0 Å². The van der Waals surface area contributed by atoms with Gasteiger partial charge in [-0.25, -0.2) is 9.97 Å². The number of hydrogen-bond donors (Lipinski definition) is 1. The molecule has 0 saturated carbocycles. The predicted octanol–water partition coefficient (Wildman–Crippen LogP) is 2.66. The van der Waals surface area contributed by atoms with Gasteiger partial charge in [0, 0.05) is 36.3 Å². The maximum atomic E-state index is 4.77. The van der Waals surface area contributed by atoms with E-state index in [0.29, 0.717) is 0 Å². The first-order valence-electron chi connectivity index (χ1n) is 6.94. The van der Waals surface area contributed by atoms with E-state index in [-0.39, 0.29) is 0 Å². The lowest BCUT2D eigenvalue weighted by Crippen LogP contribution is -2.26. The predicted molar refractivity (Wildman–Crippen MR) is 77.0 cm³/mol. The number of benzene rings is 1. The van der Waals surface area contributed by atoms with Gasteiger partial charge in [0.1, 0.15) is 0 Å². The highest BCUT2D eigenvalue weighted by molar-refractivity contribution is 5.56. The minimum Gasteiger partial charge on any atom is -0.312 e. The van der Waals surface area contributed by atoms with Gasteiger partial charge in [-0.05, 0) is 13.3 Å². The van der Waals surface area contributed by atoms with Crippen LogP contribution < -0.4 is 5.32 Å². The third-order valence-electron chi connectivity index (χ3n) is 3.66. The molecule has 1 aromatic carbocycles. The fourth-order valence-electron chi connectivity index (χ4n) is 2.54. The lowest BCUT2D eigenvalue weighted by molar-refractivity contribution is 0.618. The highest BCUT2D eigenvalue weighted by Gasteiger charge is 2.16. The molecule has 0 bridgehead atoms. The topological polar surface area (TPSA) is 37.8 Å². The van der Waals surface area contributed by atoms with E-state index >= 15 is 0 Å². The van der Waals surface area contributed by atoms with Crippen molar-refractivity contribution in [2.75, 3.05) is 6.54 Å². The molecule has 0 radical (unpaired) electrons. The SMILES string of the molecule is CCc1nc(-c2ccc(C)cc2)nc2c1CNCC2. The number of rotatable bonds is 2. The molecule has 1 N–H and O–H groups in total. The molecule has 3 rings (SSSR count). The summed E-state index contributed by atoms with van der Waals surface area (Å²) in [4.78, 5) is 9.52. The Bertz CT molecular complexity index is 570. The van der Waals surface area contributed by atoms with Gasteiger partial charge in [0.2, 0.25) is 0 Å². The van der Waals surface area contributed by atoms with Gasteiger partial charge < -0.3 is 5.32 Å². The van der Waals surface area contributed by atoms with Crippen molar-refractivity contribution < 1.29 is 0 Å². The number of fused-ring (bicyclic) bond motifs is 1. The second kappa shape index (κ2) is 5.10. The summed E-state index contributed by atoms with van der Waals surface area (Å²) in [6.45, 7) is 6.18. The van der Waals surface area contributed by atoms with Crippen molar-refractivity contribution in [2.24, 2.45) is 0 Å². The summed E-state index contributed by atoms with van der Waals surface area (Å²) in [5.74, 6) is 0.873. The van der Waals surface area contributed by atoms with Crippen LogP contribution in [0.4, 0.5) is 0 Å². The smallest absolute Gasteiger partial charge is 0.159 e. The minimum absolute atomic E-state index is 0.873. The molecule has 2 aromatic rings. The zero-order valence-electron chi connectivity index (χ0n) is 11.5. The Morgan fingerprint density at radius 1 is 1.16 bits per heavy atom. The summed E-state index contributed by atoms with van der Waals surface area (Å²) in [5, 5.41) is 3.40. The zero-order chi connectivity index (χ0) is 13.2. The first kappa shape index (κ1) is 12.3. The largest absolute Gasteiger partial charge is 0.312 e. The summed E-state index contributed by atoms with van der Waals surface area (Å²) in [7, 11) is 0. The summed E-state index contributed by atoms with van der Waals surface area (Å²) < 4.78 is 0. The van der Waals surface area contributed by atoms with Crippen molar-refractivity contribution in [3.63, 3.8) is 0 Å². The molecule has 19 heavy (non-hydrogen) atoms. The van der Waals surface area contributed by atoms with Crippen LogP contribution in [0, 0.1) is 6.92 Å². The van der Waals surface area contributed by atoms with Crippen LogP contribution in [-0.4, -0.2) is 16.5 Å². The molecule has 98 valence electrons. The van der Waals surface area contributed by atoms with Crippen LogP contribution >= 0.6 is 0 Å². The quantitative estimate of drug-likeness (QED) is 0.894. The second-order valence-corrected chi connectivity index (χ2v) is 5.07. The molecule has 0 aliphatic carbocycles. The van der Waals surface area contributed by atoms with Crippen molar-refractivity contribution in [1.29, 1.82) is 0 Å². The Hall–Kier alpha value is -1.74. The van der Waals surface area contributed by atoms with E-state index in [1.165, 1.54) is 22.5 Å². The maximum Gasteiger partial charge on any atom is 0.159 e. The molecule has 0 atom stereocenters. The molecule has 0 amide bonds. The van der Waals surface area contributed by atoms with Crippen LogP contribution in [0.3, 0.4) is 0 Å². The van der Waals surface area contributed by atoms with Gasteiger partial charge in [-0.3, -0.25) is 0 Å². The van der Waals surface area contributed by atoms with E-state index in [1.807, 2.05) is 0 Å². The molecule has 0 saturated heterocycles. The normalized spacial score (nSPS) is 14.2. The molecule has 3 nitrogen and oxygen atoms in total. The number of aryl methyl sites for hydroxylation is 2. The van der Waals surface area contributed by atoms with Gasteiger partial charge in [0.25, 0.3) is 0 Å². The Morgan fingerprint density at radius 3 is 2.68 bits per heavy atom. The summed E-state index contributed by atoms with van der Waals surface area (Å²) in [6.07, 6.45) is 1.97. The Labute approximate surface area is 114 Å². The zero-order valence-corrected chi connectivity index (χ0v) is 11.5. The third kappa shape index (κ3) is 2.38. The first-order valence-corrected chi connectivity index (χ1v) is 6.94. The van der Waals surface area contributed by atoms with Crippen LogP contribution in [0.15, 0.2) is 24.3 Å². The highest BCUT2D eigenvalue weighted by Crippen LogP contribution is 2.22. The summed E-state index contributed by atoms with van der Waals surface area (Å²) in [5.41, 5.74) is 6.10. The number of nitrogens with zero attached hydrogens (tertiary/aromatic N) is 2. The molecular weight excluding hydrogens is 234 g/mol. The van der Waals surface area contributed by atoms with Crippen molar-refractivity contribution in [3.8, 4) is 11.4 Å². The van der Waals surface area contributed by atoms with Gasteiger partial charge in [0.15, 0.2) is 5.82 Å². The average Bonchev–Trinajstić information content (AvgIpc) is 2.47. The fourth-order valence-corrected chi connectivity index (χ4v) is 2.54. The van der Waals surface area contributed by atoms with Gasteiger partial charge in [0.05, 0.1) is 5.69 Å². The van der Waals surface area contributed by atoms with Crippen molar-refractivity contribution in [3.05, 3.63) is 46.8 Å². The molecule has 1 aromatic heterocycles. The standard InChI is InChI=1S/C16H19N3/c1-3-14-13-10-17-9-8-15(13)19-16(18-14)12-6-4-11(2)5-7-12/h4-7,17H,3,8-10H2,1-2H3. The van der Waals surface area contributed by atoms with Crippen molar-refractivity contribution in [2.45, 2.75) is 33.2 Å². The Balaban J connectivity index is 2.09. The van der Waals surface area contributed by atoms with E-state index in [1.54, 1.807) is 0 Å². The Morgan fingerprint density at radius 2 is 1.95 bits per heavy atom. The monoisotopic (exact) mass is 253 g/mol. The molecule has 3 heteroatoms. The van der Waals surface area contributed by atoms with E-state index in [0.717, 1.165) is 37.3 Å². The van der Waals surface area contributed by atoms with E-state index in [4.69, 9.17) is 9.97 Å². The lowest BCUT2D eigenvalue weighted by Gasteiger charge is -2.19. The Kier molecular flexibility index (Phi) is 3.30. The molecule has 2 heterocycles.